The largest absolute Gasteiger partial charge is 0.497 e. The van der Waals surface area contributed by atoms with Crippen LogP contribution in [-0.2, 0) is 19.3 Å². The van der Waals surface area contributed by atoms with Crippen LogP contribution < -0.4 is 10.4 Å². The van der Waals surface area contributed by atoms with Crippen LogP contribution in [0.5, 0.6) is 5.75 Å². The fourth-order valence-electron chi connectivity index (χ4n) is 2.77. The molecule has 0 aliphatic heterocycles. The summed E-state index contributed by atoms with van der Waals surface area (Å²) in [5, 5.41) is 7.81. The molecule has 0 fully saturated rings. The molecule has 0 atom stereocenters. The zero-order valence-corrected chi connectivity index (χ0v) is 18.5. The van der Waals surface area contributed by atoms with Crippen molar-refractivity contribution in [2.24, 2.45) is 12.0 Å². The lowest BCUT2D eigenvalue weighted by Gasteiger charge is -2.11. The lowest BCUT2D eigenvalue weighted by atomic mass is 10.1. The minimum Gasteiger partial charge on any atom is -0.497 e. The SMILES string of the molecule is COc1cccc(C/N=C(/SC)SCc2c(C)cccc2-n2nnn(C)c2=O)c1. The Balaban J connectivity index is 1.79. The van der Waals surface area contributed by atoms with E-state index in [1.165, 1.54) is 9.36 Å². The molecular formula is C20H23N5O2S2. The second-order valence-corrected chi connectivity index (χ2v) is 8.31. The number of methoxy groups -OCH3 is 1. The molecule has 0 saturated heterocycles. The van der Waals surface area contributed by atoms with E-state index in [9.17, 15) is 4.79 Å². The predicted octanol–water partition coefficient (Wildman–Crippen LogP) is 3.44. The van der Waals surface area contributed by atoms with Gasteiger partial charge in [0, 0.05) is 12.8 Å². The summed E-state index contributed by atoms with van der Waals surface area (Å²) in [6.07, 6.45) is 2.02. The molecule has 0 radical (unpaired) electrons. The van der Waals surface area contributed by atoms with Crippen LogP contribution in [0.3, 0.4) is 0 Å². The number of tetrazole rings is 1. The lowest BCUT2D eigenvalue weighted by Crippen LogP contribution is -2.23. The standard InChI is InChI=1S/C20H23N5O2S2/c1-14-7-5-10-18(25-20(26)24(2)22-23-25)17(14)13-29-19(28-4)21-12-15-8-6-9-16(11-15)27-3/h5-11H,12-13H2,1-4H3/b21-19-. The molecule has 1 heterocycles. The quantitative estimate of drug-likeness (QED) is 0.441. The smallest absolute Gasteiger partial charge is 0.368 e. The highest BCUT2D eigenvalue weighted by Gasteiger charge is 2.14. The van der Waals surface area contributed by atoms with Crippen molar-refractivity contribution in [3.8, 4) is 11.4 Å². The van der Waals surface area contributed by atoms with Gasteiger partial charge >= 0.3 is 5.69 Å². The summed E-state index contributed by atoms with van der Waals surface area (Å²) in [5.74, 6) is 1.51. The molecular weight excluding hydrogens is 406 g/mol. The molecule has 2 aromatic carbocycles. The van der Waals surface area contributed by atoms with E-state index in [2.05, 4.69) is 10.4 Å². The van der Waals surface area contributed by atoms with Gasteiger partial charge in [0.25, 0.3) is 0 Å². The van der Waals surface area contributed by atoms with Gasteiger partial charge in [-0.3, -0.25) is 4.99 Å². The first kappa shape index (κ1) is 21.2. The van der Waals surface area contributed by atoms with Crippen LogP contribution in [-0.4, -0.2) is 37.5 Å². The Labute approximate surface area is 178 Å². The highest BCUT2D eigenvalue weighted by atomic mass is 32.2. The van der Waals surface area contributed by atoms with Crippen molar-refractivity contribution in [3.05, 3.63) is 69.6 Å². The fourth-order valence-corrected chi connectivity index (χ4v) is 4.41. The van der Waals surface area contributed by atoms with Gasteiger partial charge in [-0.1, -0.05) is 36.0 Å². The maximum Gasteiger partial charge on any atom is 0.368 e. The first-order valence-corrected chi connectivity index (χ1v) is 11.2. The topological polar surface area (TPSA) is 74.3 Å². The Kier molecular flexibility index (Phi) is 7.16. The van der Waals surface area contributed by atoms with Crippen molar-refractivity contribution in [1.82, 2.24) is 19.8 Å². The molecule has 0 unspecified atom stereocenters. The lowest BCUT2D eigenvalue weighted by molar-refractivity contribution is 0.414. The van der Waals surface area contributed by atoms with Crippen LogP contribution in [0.1, 0.15) is 16.7 Å². The van der Waals surface area contributed by atoms with E-state index in [4.69, 9.17) is 9.73 Å². The molecule has 0 bridgehead atoms. The van der Waals surface area contributed by atoms with Gasteiger partial charge < -0.3 is 4.74 Å². The molecule has 0 amide bonds. The third kappa shape index (κ3) is 5.10. The average Bonchev–Trinajstić information content (AvgIpc) is 3.07. The van der Waals surface area contributed by atoms with Gasteiger partial charge in [0.05, 0.1) is 19.3 Å². The number of thioether (sulfide) groups is 2. The number of nitrogens with zero attached hydrogens (tertiary/aromatic N) is 5. The molecule has 0 aliphatic rings. The van der Waals surface area contributed by atoms with Crippen LogP contribution >= 0.6 is 23.5 Å². The van der Waals surface area contributed by atoms with E-state index < -0.39 is 0 Å². The van der Waals surface area contributed by atoms with Crippen molar-refractivity contribution in [2.45, 2.75) is 19.2 Å². The van der Waals surface area contributed by atoms with Gasteiger partial charge in [0.1, 0.15) is 10.1 Å². The number of aryl methyl sites for hydroxylation is 2. The molecule has 29 heavy (non-hydrogen) atoms. The number of benzene rings is 2. The van der Waals surface area contributed by atoms with Crippen LogP contribution in [0, 0.1) is 6.92 Å². The molecule has 7 nitrogen and oxygen atoms in total. The minimum atomic E-state index is -0.265. The van der Waals surface area contributed by atoms with E-state index in [-0.39, 0.29) is 5.69 Å². The minimum absolute atomic E-state index is 0.265. The molecule has 3 rings (SSSR count). The summed E-state index contributed by atoms with van der Waals surface area (Å²) in [6.45, 7) is 2.62. The Bertz CT molecular complexity index is 1070. The van der Waals surface area contributed by atoms with Gasteiger partial charge in [0.2, 0.25) is 0 Å². The van der Waals surface area contributed by atoms with E-state index >= 15 is 0 Å². The number of ether oxygens (including phenoxy) is 1. The van der Waals surface area contributed by atoms with Crippen LogP contribution in [0.4, 0.5) is 0 Å². The van der Waals surface area contributed by atoms with Gasteiger partial charge in [-0.15, -0.1) is 11.8 Å². The molecule has 3 aromatic rings. The van der Waals surface area contributed by atoms with E-state index in [1.54, 1.807) is 37.7 Å². The molecule has 152 valence electrons. The van der Waals surface area contributed by atoms with Crippen LogP contribution in [0.2, 0.25) is 0 Å². The number of rotatable bonds is 6. The van der Waals surface area contributed by atoms with Crippen molar-refractivity contribution < 1.29 is 4.74 Å². The van der Waals surface area contributed by atoms with Gasteiger partial charge in [-0.2, -0.15) is 9.36 Å². The van der Waals surface area contributed by atoms with Crippen molar-refractivity contribution >= 4 is 27.9 Å². The second kappa shape index (κ2) is 9.80. The molecule has 9 heteroatoms. The Morgan fingerprint density at radius 1 is 1.21 bits per heavy atom. The van der Waals surface area contributed by atoms with Gasteiger partial charge in [-0.05, 0) is 58.5 Å². The Morgan fingerprint density at radius 2 is 2.00 bits per heavy atom. The third-order valence-corrected chi connectivity index (χ3v) is 6.52. The zero-order valence-electron chi connectivity index (χ0n) is 16.8. The Hall–Kier alpha value is -2.52. The summed E-state index contributed by atoms with van der Waals surface area (Å²) in [6, 6.07) is 13.8. The highest BCUT2D eigenvalue weighted by Crippen LogP contribution is 2.26. The Morgan fingerprint density at radius 3 is 2.69 bits per heavy atom. The zero-order chi connectivity index (χ0) is 20.8. The number of aliphatic imine (C=N–C) groups is 1. The predicted molar refractivity (Wildman–Crippen MR) is 120 cm³/mol. The third-order valence-electron chi connectivity index (χ3n) is 4.37. The fraction of sp³-hybridized carbons (Fsp3) is 0.300. The first-order valence-electron chi connectivity index (χ1n) is 8.95. The van der Waals surface area contributed by atoms with Gasteiger partial charge in [0.15, 0.2) is 0 Å². The summed E-state index contributed by atoms with van der Waals surface area (Å²) < 4.78 is 8.82. The molecule has 0 saturated carbocycles. The second-order valence-electron chi connectivity index (χ2n) is 6.30. The number of aromatic nitrogens is 4. The number of hydrogen-bond acceptors (Lipinski definition) is 7. The molecule has 0 spiro atoms. The summed E-state index contributed by atoms with van der Waals surface area (Å²) in [7, 11) is 3.25. The average molecular weight is 430 g/mol. The van der Waals surface area contributed by atoms with E-state index in [0.29, 0.717) is 12.3 Å². The molecule has 0 N–H and O–H groups in total. The van der Waals surface area contributed by atoms with E-state index in [0.717, 1.165) is 32.5 Å². The maximum atomic E-state index is 12.3. The molecule has 1 aromatic heterocycles. The van der Waals surface area contributed by atoms with E-state index in [1.807, 2.05) is 55.6 Å². The molecule has 0 aliphatic carbocycles. The number of hydrogen-bond donors (Lipinski definition) is 0. The van der Waals surface area contributed by atoms with Crippen LogP contribution in [0.25, 0.3) is 5.69 Å². The summed E-state index contributed by atoms with van der Waals surface area (Å²) >= 11 is 3.27. The normalized spacial score (nSPS) is 11.7. The van der Waals surface area contributed by atoms with Gasteiger partial charge in [-0.25, -0.2) is 4.79 Å². The van der Waals surface area contributed by atoms with Crippen molar-refractivity contribution in [2.75, 3.05) is 13.4 Å². The van der Waals surface area contributed by atoms with Crippen molar-refractivity contribution in [3.63, 3.8) is 0 Å². The van der Waals surface area contributed by atoms with Crippen molar-refractivity contribution in [1.29, 1.82) is 0 Å². The highest BCUT2D eigenvalue weighted by molar-refractivity contribution is 8.38. The summed E-state index contributed by atoms with van der Waals surface area (Å²) in [4.78, 5) is 17.0. The monoisotopic (exact) mass is 429 g/mol. The summed E-state index contributed by atoms with van der Waals surface area (Å²) in [5.41, 5.74) is 3.73. The van der Waals surface area contributed by atoms with Crippen LogP contribution in [0.15, 0.2) is 52.3 Å². The maximum absolute atomic E-state index is 12.3. The first-order chi connectivity index (χ1) is 14.0.